The fraction of sp³-hybridized carbons (Fsp3) is 0.167. The SMILES string of the molecule is C=O.COc1ccc(C2C(NCc3ccccc3)=NCN2c2ccc(Cl)c(Cl)c2)cc1. The van der Waals surface area contributed by atoms with Crippen molar-refractivity contribution in [3.05, 3.63) is 94.0 Å². The molecule has 1 unspecified atom stereocenters. The lowest BCUT2D eigenvalue weighted by Crippen LogP contribution is -2.34. The second-order valence-corrected chi connectivity index (χ2v) is 7.58. The molecule has 1 atom stereocenters. The number of anilines is 1. The first-order valence-electron chi connectivity index (χ1n) is 9.62. The normalized spacial score (nSPS) is 15.0. The van der Waals surface area contributed by atoms with Gasteiger partial charge in [0.05, 0.1) is 17.2 Å². The second-order valence-electron chi connectivity index (χ2n) is 6.77. The van der Waals surface area contributed by atoms with Crippen LogP contribution in [0.1, 0.15) is 17.2 Å². The lowest BCUT2D eigenvalue weighted by atomic mass is 10.0. The lowest BCUT2D eigenvalue weighted by molar-refractivity contribution is -0.0979. The van der Waals surface area contributed by atoms with Gasteiger partial charge in [0.2, 0.25) is 0 Å². The van der Waals surface area contributed by atoms with Crippen LogP contribution in [-0.4, -0.2) is 26.4 Å². The van der Waals surface area contributed by atoms with E-state index >= 15 is 0 Å². The molecule has 1 aliphatic heterocycles. The number of methoxy groups -OCH3 is 1. The molecular formula is C24H23Cl2N3O2. The first-order chi connectivity index (χ1) is 15.2. The van der Waals surface area contributed by atoms with Gasteiger partial charge in [0.1, 0.15) is 31.1 Å². The molecule has 0 saturated heterocycles. The van der Waals surface area contributed by atoms with Crippen molar-refractivity contribution in [1.82, 2.24) is 5.32 Å². The molecule has 1 heterocycles. The molecule has 3 aromatic rings. The third-order valence-corrected chi connectivity index (χ3v) is 5.69. The van der Waals surface area contributed by atoms with Crippen molar-refractivity contribution >= 4 is 41.5 Å². The summed E-state index contributed by atoms with van der Waals surface area (Å²) in [5, 5.41) is 4.59. The van der Waals surface area contributed by atoms with Gasteiger partial charge in [-0.3, -0.25) is 0 Å². The predicted molar refractivity (Wildman–Crippen MR) is 127 cm³/mol. The molecule has 0 amide bonds. The summed E-state index contributed by atoms with van der Waals surface area (Å²) in [4.78, 5) is 15.0. The van der Waals surface area contributed by atoms with Crippen LogP contribution in [0.5, 0.6) is 5.75 Å². The van der Waals surface area contributed by atoms with E-state index in [0.29, 0.717) is 23.3 Å². The number of carbonyl (C=O) groups is 1. The number of nitrogens with zero attached hydrogens (tertiary/aromatic N) is 2. The summed E-state index contributed by atoms with van der Waals surface area (Å²) < 4.78 is 5.31. The molecule has 0 spiro atoms. The standard InChI is InChI=1S/C23H21Cl2N3O.CH2O/c1-29-19-10-7-17(8-11-19)22-23(26-14-16-5-3-2-4-6-16)27-15-28(22)18-9-12-20(24)21(25)13-18;1-2/h2-13,22H,14-15H2,1H3,(H,26,27);1H2. The number of amidine groups is 1. The molecule has 4 rings (SSSR count). The first-order valence-corrected chi connectivity index (χ1v) is 10.4. The maximum Gasteiger partial charge on any atom is 0.126 e. The van der Waals surface area contributed by atoms with Gasteiger partial charge in [-0.2, -0.15) is 0 Å². The summed E-state index contributed by atoms with van der Waals surface area (Å²) in [6, 6.07) is 24.0. The van der Waals surface area contributed by atoms with Crippen LogP contribution in [0.3, 0.4) is 0 Å². The van der Waals surface area contributed by atoms with Crippen molar-refractivity contribution in [1.29, 1.82) is 0 Å². The number of hydrogen-bond donors (Lipinski definition) is 1. The minimum atomic E-state index is -0.0538. The number of benzene rings is 3. The molecular weight excluding hydrogens is 433 g/mol. The lowest BCUT2D eigenvalue weighted by Gasteiger charge is -2.28. The summed E-state index contributed by atoms with van der Waals surface area (Å²) in [5.41, 5.74) is 3.30. The van der Waals surface area contributed by atoms with Gasteiger partial charge >= 0.3 is 0 Å². The molecule has 1 N–H and O–H groups in total. The Morgan fingerprint density at radius 1 is 1.03 bits per heavy atom. The Morgan fingerprint density at radius 2 is 1.74 bits per heavy atom. The van der Waals surface area contributed by atoms with Crippen LogP contribution in [0.4, 0.5) is 5.69 Å². The van der Waals surface area contributed by atoms with Crippen LogP contribution in [0.2, 0.25) is 10.0 Å². The van der Waals surface area contributed by atoms with E-state index in [4.69, 9.17) is 37.7 Å². The molecule has 1 aliphatic rings. The van der Waals surface area contributed by atoms with Crippen molar-refractivity contribution in [3.8, 4) is 5.75 Å². The Labute approximate surface area is 192 Å². The summed E-state index contributed by atoms with van der Waals surface area (Å²) in [6.07, 6.45) is 0. The summed E-state index contributed by atoms with van der Waals surface area (Å²) in [5.74, 6) is 1.74. The van der Waals surface area contributed by atoms with E-state index in [0.717, 1.165) is 22.8 Å². The zero-order valence-electron chi connectivity index (χ0n) is 17.1. The minimum Gasteiger partial charge on any atom is -0.497 e. The van der Waals surface area contributed by atoms with Gasteiger partial charge in [-0.05, 0) is 41.5 Å². The van der Waals surface area contributed by atoms with Crippen LogP contribution in [0, 0.1) is 0 Å². The number of halogens is 2. The first kappa shape index (κ1) is 22.7. The highest BCUT2D eigenvalue weighted by molar-refractivity contribution is 6.42. The average Bonchev–Trinajstić information content (AvgIpc) is 3.25. The minimum absolute atomic E-state index is 0.0538. The number of ether oxygens (including phenoxy) is 1. The molecule has 7 heteroatoms. The van der Waals surface area contributed by atoms with Crippen molar-refractivity contribution in [3.63, 3.8) is 0 Å². The second kappa shape index (κ2) is 10.8. The van der Waals surface area contributed by atoms with E-state index in [1.807, 2.05) is 55.3 Å². The van der Waals surface area contributed by atoms with Crippen molar-refractivity contribution in [2.45, 2.75) is 12.6 Å². The number of aliphatic imine (C=N–C) groups is 1. The molecule has 0 radical (unpaired) electrons. The van der Waals surface area contributed by atoms with Gasteiger partial charge in [-0.25, -0.2) is 4.99 Å². The van der Waals surface area contributed by atoms with Crippen LogP contribution < -0.4 is 15.0 Å². The summed E-state index contributed by atoms with van der Waals surface area (Å²) >= 11 is 12.4. The number of rotatable bonds is 5. The largest absolute Gasteiger partial charge is 0.497 e. The molecule has 0 aliphatic carbocycles. The van der Waals surface area contributed by atoms with Crippen LogP contribution in [0.15, 0.2) is 77.8 Å². The fourth-order valence-corrected chi connectivity index (χ4v) is 3.72. The zero-order valence-corrected chi connectivity index (χ0v) is 18.6. The highest BCUT2D eigenvalue weighted by atomic mass is 35.5. The van der Waals surface area contributed by atoms with Crippen molar-refractivity contribution < 1.29 is 9.53 Å². The Hall–Kier alpha value is -3.02. The molecule has 0 saturated carbocycles. The molecule has 0 fully saturated rings. The zero-order chi connectivity index (χ0) is 22.2. The number of nitrogens with one attached hydrogen (secondary N) is 1. The highest BCUT2D eigenvalue weighted by Gasteiger charge is 2.31. The highest BCUT2D eigenvalue weighted by Crippen LogP contribution is 2.35. The molecule has 0 aromatic heterocycles. The molecule has 5 nitrogen and oxygen atoms in total. The Kier molecular flexibility index (Phi) is 7.93. The van der Waals surface area contributed by atoms with E-state index in [1.54, 1.807) is 7.11 Å². The average molecular weight is 456 g/mol. The maximum atomic E-state index is 8.00. The van der Waals surface area contributed by atoms with E-state index in [1.165, 1.54) is 5.56 Å². The van der Waals surface area contributed by atoms with Crippen molar-refractivity contribution in [2.75, 3.05) is 18.7 Å². The molecule has 3 aromatic carbocycles. The fourth-order valence-electron chi connectivity index (χ4n) is 3.43. The van der Waals surface area contributed by atoms with Gasteiger partial charge in [-0.1, -0.05) is 65.7 Å². The van der Waals surface area contributed by atoms with Gasteiger partial charge in [-0.15, -0.1) is 0 Å². The number of hydrogen-bond acceptors (Lipinski definition) is 5. The number of carbonyl (C=O) groups excluding carboxylic acids is 1. The molecule has 31 heavy (non-hydrogen) atoms. The van der Waals surface area contributed by atoms with Gasteiger partial charge in [0, 0.05) is 12.2 Å². The Bertz CT molecular complexity index is 1030. The smallest absolute Gasteiger partial charge is 0.126 e. The van der Waals surface area contributed by atoms with Crippen LogP contribution in [0.25, 0.3) is 0 Å². The van der Waals surface area contributed by atoms with Gasteiger partial charge < -0.3 is 19.7 Å². The monoisotopic (exact) mass is 455 g/mol. The molecule has 160 valence electrons. The van der Waals surface area contributed by atoms with E-state index in [-0.39, 0.29) is 6.04 Å². The van der Waals surface area contributed by atoms with Crippen LogP contribution in [-0.2, 0) is 11.3 Å². The topological polar surface area (TPSA) is 53.9 Å². The summed E-state index contributed by atoms with van der Waals surface area (Å²) in [7, 11) is 1.67. The van der Waals surface area contributed by atoms with Crippen molar-refractivity contribution in [2.24, 2.45) is 4.99 Å². The van der Waals surface area contributed by atoms with E-state index < -0.39 is 0 Å². The van der Waals surface area contributed by atoms with E-state index in [2.05, 4.69) is 34.5 Å². The van der Waals surface area contributed by atoms with Crippen LogP contribution >= 0.6 is 23.2 Å². The Morgan fingerprint density at radius 3 is 2.39 bits per heavy atom. The third kappa shape index (κ3) is 5.37. The predicted octanol–water partition coefficient (Wildman–Crippen LogP) is 5.52. The van der Waals surface area contributed by atoms with Gasteiger partial charge in [0.15, 0.2) is 0 Å². The summed E-state index contributed by atoms with van der Waals surface area (Å²) in [6.45, 7) is 3.24. The quantitative estimate of drug-likeness (QED) is 0.549. The Balaban J connectivity index is 0.00000132. The third-order valence-electron chi connectivity index (χ3n) is 4.95. The molecule has 0 bridgehead atoms. The maximum absolute atomic E-state index is 8.00. The van der Waals surface area contributed by atoms with Gasteiger partial charge in [0.25, 0.3) is 0 Å². The van der Waals surface area contributed by atoms with E-state index in [9.17, 15) is 0 Å².